The lowest BCUT2D eigenvalue weighted by molar-refractivity contribution is -0.199. The summed E-state index contributed by atoms with van der Waals surface area (Å²) in [4.78, 5) is 0. The predicted molar refractivity (Wildman–Crippen MR) is 133 cm³/mol. The molecule has 0 aromatic carbocycles. The maximum atomic E-state index is 10.8. The number of allylic oxidation sites excluding steroid dienone is 1. The first-order valence-corrected chi connectivity index (χ1v) is 13.7. The second-order valence-electron chi connectivity index (χ2n) is 14.0. The zero-order valence-corrected chi connectivity index (χ0v) is 21.9. The monoisotopic (exact) mass is 428 g/mol. The van der Waals surface area contributed by atoms with Gasteiger partial charge in [-0.1, -0.05) is 60.6 Å². The first-order valence-electron chi connectivity index (χ1n) is 13.7. The maximum absolute atomic E-state index is 10.8. The summed E-state index contributed by atoms with van der Waals surface area (Å²) < 4.78 is 0. The van der Waals surface area contributed by atoms with Crippen LogP contribution in [0.2, 0.25) is 0 Å². The van der Waals surface area contributed by atoms with Crippen molar-refractivity contribution >= 4 is 0 Å². The molecule has 8 atom stereocenters. The Morgan fingerprint density at radius 3 is 2.23 bits per heavy atom. The van der Waals surface area contributed by atoms with Gasteiger partial charge in [0, 0.05) is 0 Å². The van der Waals surface area contributed by atoms with Gasteiger partial charge >= 0.3 is 0 Å². The van der Waals surface area contributed by atoms with Crippen LogP contribution in [0.4, 0.5) is 0 Å². The van der Waals surface area contributed by atoms with Gasteiger partial charge in [0.25, 0.3) is 0 Å². The van der Waals surface area contributed by atoms with Crippen molar-refractivity contribution in [3.8, 4) is 0 Å². The van der Waals surface area contributed by atoms with Crippen LogP contribution < -0.4 is 0 Å². The number of aliphatic hydroxyl groups excluding tert-OH is 1. The van der Waals surface area contributed by atoms with E-state index in [1.807, 2.05) is 0 Å². The van der Waals surface area contributed by atoms with Crippen molar-refractivity contribution < 1.29 is 5.11 Å². The minimum Gasteiger partial charge on any atom is -0.393 e. The molecule has 0 saturated heterocycles. The molecule has 0 radical (unpaired) electrons. The van der Waals surface area contributed by atoms with E-state index in [2.05, 4.69) is 55.0 Å². The van der Waals surface area contributed by atoms with Gasteiger partial charge in [0.15, 0.2) is 0 Å². The largest absolute Gasteiger partial charge is 0.393 e. The lowest BCUT2D eigenvalue weighted by Crippen LogP contribution is -2.61. The van der Waals surface area contributed by atoms with Crippen LogP contribution in [0.15, 0.2) is 12.2 Å². The van der Waals surface area contributed by atoms with Crippen molar-refractivity contribution in [1.82, 2.24) is 0 Å². The summed E-state index contributed by atoms with van der Waals surface area (Å²) in [5.41, 5.74) is 3.01. The van der Waals surface area contributed by atoms with Crippen LogP contribution in [0.25, 0.3) is 0 Å². The molecule has 178 valence electrons. The number of hydrogen-bond donors (Lipinski definition) is 1. The molecule has 31 heavy (non-hydrogen) atoms. The van der Waals surface area contributed by atoms with Crippen LogP contribution >= 0.6 is 0 Å². The predicted octanol–water partition coefficient (Wildman–Crippen LogP) is 8.41. The topological polar surface area (TPSA) is 20.2 Å². The van der Waals surface area contributed by atoms with Crippen LogP contribution in [0.5, 0.6) is 0 Å². The Hall–Kier alpha value is -0.300. The number of rotatable bonds is 5. The van der Waals surface area contributed by atoms with Gasteiger partial charge in [0.1, 0.15) is 0 Å². The Labute approximate surface area is 193 Å². The van der Waals surface area contributed by atoms with E-state index in [1.165, 1.54) is 69.8 Å². The second-order valence-corrected chi connectivity index (χ2v) is 14.0. The normalized spacial score (nSPS) is 48.7. The SMILES string of the molecule is C=C(CCCC1CC[C@@]2(C)C3CCC4C(C)(C)C(O)CCC4(C)C3CCC12C)C(C)C. The molecule has 0 aromatic heterocycles. The molecule has 1 nitrogen and oxygen atoms in total. The van der Waals surface area contributed by atoms with Gasteiger partial charge < -0.3 is 5.11 Å². The summed E-state index contributed by atoms with van der Waals surface area (Å²) in [7, 11) is 0. The molecule has 4 saturated carbocycles. The Bertz CT molecular complexity index is 691. The second kappa shape index (κ2) is 7.89. The van der Waals surface area contributed by atoms with Crippen molar-refractivity contribution in [2.45, 2.75) is 125 Å². The number of hydrogen-bond acceptors (Lipinski definition) is 1. The van der Waals surface area contributed by atoms with Crippen LogP contribution in [0.3, 0.4) is 0 Å². The fourth-order valence-corrected chi connectivity index (χ4v) is 9.95. The third-order valence-corrected chi connectivity index (χ3v) is 12.5. The van der Waals surface area contributed by atoms with Gasteiger partial charge in [0.05, 0.1) is 6.10 Å². The van der Waals surface area contributed by atoms with Crippen molar-refractivity contribution in [2.24, 2.45) is 51.2 Å². The Morgan fingerprint density at radius 1 is 0.871 bits per heavy atom. The summed E-state index contributed by atoms with van der Waals surface area (Å²) in [5, 5.41) is 10.8. The highest BCUT2D eigenvalue weighted by atomic mass is 16.3. The molecule has 0 bridgehead atoms. The molecule has 0 amide bonds. The Morgan fingerprint density at radius 2 is 1.55 bits per heavy atom. The minimum atomic E-state index is -0.108. The van der Waals surface area contributed by atoms with Crippen LogP contribution in [0, 0.1) is 51.2 Å². The molecular weight excluding hydrogens is 376 g/mol. The maximum Gasteiger partial charge on any atom is 0.0594 e. The molecule has 4 aliphatic rings. The van der Waals surface area contributed by atoms with Gasteiger partial charge in [-0.2, -0.15) is 0 Å². The highest BCUT2D eigenvalue weighted by molar-refractivity contribution is 5.16. The molecule has 0 spiro atoms. The van der Waals surface area contributed by atoms with E-state index in [9.17, 15) is 5.11 Å². The lowest BCUT2D eigenvalue weighted by Gasteiger charge is -2.67. The van der Waals surface area contributed by atoms with E-state index in [0.29, 0.717) is 28.1 Å². The van der Waals surface area contributed by atoms with Crippen LogP contribution in [-0.4, -0.2) is 11.2 Å². The van der Waals surface area contributed by atoms with Gasteiger partial charge in [-0.05, 0) is 122 Å². The van der Waals surface area contributed by atoms with Crippen molar-refractivity contribution in [3.05, 3.63) is 12.2 Å². The first-order chi connectivity index (χ1) is 14.4. The molecule has 0 aliphatic heterocycles. The van der Waals surface area contributed by atoms with Crippen molar-refractivity contribution in [1.29, 1.82) is 0 Å². The molecule has 1 heteroatoms. The van der Waals surface area contributed by atoms with Gasteiger partial charge in [-0.15, -0.1) is 0 Å². The minimum absolute atomic E-state index is 0.0800. The van der Waals surface area contributed by atoms with E-state index in [4.69, 9.17) is 0 Å². The third-order valence-electron chi connectivity index (χ3n) is 12.5. The average Bonchev–Trinajstić information content (AvgIpc) is 2.96. The van der Waals surface area contributed by atoms with E-state index >= 15 is 0 Å². The number of aliphatic hydroxyl groups is 1. The standard InChI is InChI=1S/C30H52O/c1-20(2)21(3)10-9-11-22-14-18-30(8)24-12-13-25-27(4,5)26(31)16-17-28(25,6)23(24)15-19-29(22,30)7/h20,22-26,31H,3,9-19H2,1-2,4-8H3/t22?,23?,24?,25?,26?,28?,29?,30-/m0/s1. The molecule has 4 aliphatic carbocycles. The quantitative estimate of drug-likeness (QED) is 0.436. The summed E-state index contributed by atoms with van der Waals surface area (Å²) >= 11 is 0. The highest BCUT2D eigenvalue weighted by Crippen LogP contribution is 2.74. The third kappa shape index (κ3) is 3.41. The number of fused-ring (bicyclic) bond motifs is 5. The highest BCUT2D eigenvalue weighted by Gasteiger charge is 2.66. The van der Waals surface area contributed by atoms with E-state index < -0.39 is 0 Å². The molecule has 4 fully saturated rings. The zero-order chi connectivity index (χ0) is 22.8. The summed E-state index contributed by atoms with van der Waals surface area (Å²) in [5.74, 6) is 4.00. The fourth-order valence-electron chi connectivity index (χ4n) is 9.95. The summed E-state index contributed by atoms with van der Waals surface area (Å²) in [6, 6.07) is 0. The van der Waals surface area contributed by atoms with Gasteiger partial charge in [-0.25, -0.2) is 0 Å². The molecule has 1 N–H and O–H groups in total. The average molecular weight is 429 g/mol. The molecule has 0 heterocycles. The van der Waals surface area contributed by atoms with Crippen molar-refractivity contribution in [3.63, 3.8) is 0 Å². The van der Waals surface area contributed by atoms with Crippen LogP contribution in [-0.2, 0) is 0 Å². The lowest BCUT2D eigenvalue weighted by atomic mass is 9.38. The first kappa shape index (κ1) is 23.8. The Balaban J connectivity index is 1.52. The van der Waals surface area contributed by atoms with E-state index in [0.717, 1.165) is 24.2 Å². The summed E-state index contributed by atoms with van der Waals surface area (Å²) in [6.45, 7) is 21.7. The van der Waals surface area contributed by atoms with Gasteiger partial charge in [0.2, 0.25) is 0 Å². The smallest absolute Gasteiger partial charge is 0.0594 e. The zero-order valence-electron chi connectivity index (χ0n) is 21.9. The molecular formula is C30H52O. The summed E-state index contributed by atoms with van der Waals surface area (Å²) in [6.07, 6.45) is 14.7. The van der Waals surface area contributed by atoms with Gasteiger partial charge in [-0.3, -0.25) is 0 Å². The van der Waals surface area contributed by atoms with E-state index in [1.54, 1.807) is 0 Å². The van der Waals surface area contributed by atoms with Crippen LogP contribution in [0.1, 0.15) is 119 Å². The molecule has 7 unspecified atom stereocenters. The molecule has 0 aromatic rings. The van der Waals surface area contributed by atoms with E-state index in [-0.39, 0.29) is 11.5 Å². The fraction of sp³-hybridized carbons (Fsp3) is 0.933. The van der Waals surface area contributed by atoms with Crippen molar-refractivity contribution in [2.75, 3.05) is 0 Å². The Kier molecular flexibility index (Phi) is 6.07. The molecule has 4 rings (SSSR count).